The standard InChI is InChI=1S/C8H8N4/c9-8-2-1-6(5-10-8)7-3-4-11-12-7/h1-5H,(H2,9,10)(H,11,12). The van der Waals surface area contributed by atoms with Crippen LogP contribution in [-0.2, 0) is 0 Å². The first kappa shape index (κ1) is 6.84. The Hall–Kier alpha value is -1.84. The van der Waals surface area contributed by atoms with Gasteiger partial charge in [0.25, 0.3) is 0 Å². The van der Waals surface area contributed by atoms with Gasteiger partial charge in [0.1, 0.15) is 5.82 Å². The second kappa shape index (κ2) is 2.65. The van der Waals surface area contributed by atoms with E-state index in [1.807, 2.05) is 12.1 Å². The van der Waals surface area contributed by atoms with Crippen molar-refractivity contribution in [2.75, 3.05) is 5.73 Å². The number of nitrogens with one attached hydrogen (secondary N) is 1. The lowest BCUT2D eigenvalue weighted by atomic mass is 10.2. The van der Waals surface area contributed by atoms with Crippen LogP contribution in [0.15, 0.2) is 30.6 Å². The molecule has 0 aliphatic heterocycles. The summed E-state index contributed by atoms with van der Waals surface area (Å²) in [5.41, 5.74) is 7.38. The first-order valence-corrected chi connectivity index (χ1v) is 3.57. The molecule has 0 aliphatic rings. The second-order valence-corrected chi connectivity index (χ2v) is 2.44. The Kier molecular flexibility index (Phi) is 1.51. The molecule has 4 heteroatoms. The molecule has 2 rings (SSSR count). The lowest BCUT2D eigenvalue weighted by Gasteiger charge is -1.95. The zero-order valence-corrected chi connectivity index (χ0v) is 6.36. The second-order valence-electron chi connectivity index (χ2n) is 2.44. The number of hydrogen-bond donors (Lipinski definition) is 2. The minimum atomic E-state index is 0.526. The number of rotatable bonds is 1. The van der Waals surface area contributed by atoms with E-state index in [9.17, 15) is 0 Å². The Bertz CT molecular complexity index is 349. The predicted octanol–water partition coefficient (Wildman–Crippen LogP) is 1.05. The van der Waals surface area contributed by atoms with E-state index in [0.29, 0.717) is 5.82 Å². The van der Waals surface area contributed by atoms with E-state index < -0.39 is 0 Å². The van der Waals surface area contributed by atoms with Gasteiger partial charge in [0, 0.05) is 18.0 Å². The van der Waals surface area contributed by atoms with Crippen LogP contribution in [0.2, 0.25) is 0 Å². The van der Waals surface area contributed by atoms with Crippen LogP contribution in [0.25, 0.3) is 11.3 Å². The molecule has 0 spiro atoms. The lowest BCUT2D eigenvalue weighted by molar-refractivity contribution is 1.09. The van der Waals surface area contributed by atoms with E-state index in [4.69, 9.17) is 5.73 Å². The Morgan fingerprint density at radius 2 is 2.17 bits per heavy atom. The van der Waals surface area contributed by atoms with Gasteiger partial charge in [0.2, 0.25) is 0 Å². The number of pyridine rings is 1. The van der Waals surface area contributed by atoms with Crippen LogP contribution in [0.1, 0.15) is 0 Å². The van der Waals surface area contributed by atoms with Gasteiger partial charge in [0.15, 0.2) is 0 Å². The maximum absolute atomic E-state index is 5.44. The van der Waals surface area contributed by atoms with Gasteiger partial charge in [-0.2, -0.15) is 5.10 Å². The maximum atomic E-state index is 5.44. The molecule has 2 heterocycles. The third-order valence-corrected chi connectivity index (χ3v) is 1.60. The fraction of sp³-hybridized carbons (Fsp3) is 0. The zero-order chi connectivity index (χ0) is 8.39. The van der Waals surface area contributed by atoms with Crippen molar-refractivity contribution >= 4 is 5.82 Å². The van der Waals surface area contributed by atoms with Crippen LogP contribution in [0.4, 0.5) is 5.82 Å². The van der Waals surface area contributed by atoms with Gasteiger partial charge in [0.05, 0.1) is 5.69 Å². The Labute approximate surface area is 69.4 Å². The number of aromatic nitrogens is 3. The number of nitrogens with zero attached hydrogens (tertiary/aromatic N) is 2. The van der Waals surface area contributed by atoms with Crippen molar-refractivity contribution in [1.29, 1.82) is 0 Å². The number of anilines is 1. The largest absolute Gasteiger partial charge is 0.384 e. The van der Waals surface area contributed by atoms with E-state index in [0.717, 1.165) is 11.3 Å². The predicted molar refractivity (Wildman–Crippen MR) is 46.2 cm³/mol. The molecule has 0 atom stereocenters. The molecule has 0 aliphatic carbocycles. The molecule has 2 aromatic heterocycles. The van der Waals surface area contributed by atoms with Gasteiger partial charge in [-0.3, -0.25) is 5.10 Å². The van der Waals surface area contributed by atoms with E-state index in [1.165, 1.54) is 0 Å². The van der Waals surface area contributed by atoms with Crippen LogP contribution in [0.3, 0.4) is 0 Å². The summed E-state index contributed by atoms with van der Waals surface area (Å²) in [5.74, 6) is 0.526. The molecule has 4 nitrogen and oxygen atoms in total. The van der Waals surface area contributed by atoms with E-state index in [-0.39, 0.29) is 0 Å². The van der Waals surface area contributed by atoms with Crippen molar-refractivity contribution in [3.8, 4) is 11.3 Å². The van der Waals surface area contributed by atoms with Crippen LogP contribution in [0, 0.1) is 0 Å². The number of aromatic amines is 1. The molecule has 12 heavy (non-hydrogen) atoms. The highest BCUT2D eigenvalue weighted by atomic mass is 15.1. The SMILES string of the molecule is Nc1ccc(-c2ccn[nH]2)cn1. The fourth-order valence-corrected chi connectivity index (χ4v) is 0.981. The topological polar surface area (TPSA) is 67.6 Å². The summed E-state index contributed by atoms with van der Waals surface area (Å²) >= 11 is 0. The van der Waals surface area contributed by atoms with Gasteiger partial charge >= 0.3 is 0 Å². The summed E-state index contributed by atoms with van der Waals surface area (Å²) in [5, 5.41) is 6.68. The van der Waals surface area contributed by atoms with Crippen LogP contribution < -0.4 is 5.73 Å². The summed E-state index contributed by atoms with van der Waals surface area (Å²) in [4.78, 5) is 3.97. The molecule has 0 bridgehead atoms. The minimum absolute atomic E-state index is 0.526. The van der Waals surface area contributed by atoms with Gasteiger partial charge in [-0.05, 0) is 18.2 Å². The molecular weight excluding hydrogens is 152 g/mol. The summed E-state index contributed by atoms with van der Waals surface area (Å²) < 4.78 is 0. The first-order valence-electron chi connectivity index (χ1n) is 3.57. The number of nitrogen functional groups attached to an aromatic ring is 1. The summed E-state index contributed by atoms with van der Waals surface area (Å²) in [7, 11) is 0. The Balaban J connectivity index is 2.43. The van der Waals surface area contributed by atoms with E-state index in [2.05, 4.69) is 15.2 Å². The van der Waals surface area contributed by atoms with Crippen molar-refractivity contribution in [2.24, 2.45) is 0 Å². The highest BCUT2D eigenvalue weighted by molar-refractivity contribution is 5.58. The van der Waals surface area contributed by atoms with Crippen molar-refractivity contribution in [3.05, 3.63) is 30.6 Å². The summed E-state index contributed by atoms with van der Waals surface area (Å²) in [6.07, 6.45) is 3.41. The third-order valence-electron chi connectivity index (χ3n) is 1.60. The molecule has 0 saturated carbocycles. The van der Waals surface area contributed by atoms with Crippen molar-refractivity contribution in [3.63, 3.8) is 0 Å². The van der Waals surface area contributed by atoms with Gasteiger partial charge < -0.3 is 5.73 Å². The quantitative estimate of drug-likeness (QED) is 0.655. The number of nitrogens with two attached hydrogens (primary N) is 1. The van der Waals surface area contributed by atoms with Gasteiger partial charge in [-0.1, -0.05) is 0 Å². The number of hydrogen-bond acceptors (Lipinski definition) is 3. The Morgan fingerprint density at radius 1 is 1.25 bits per heavy atom. The van der Waals surface area contributed by atoms with Crippen LogP contribution in [-0.4, -0.2) is 15.2 Å². The molecule has 0 saturated heterocycles. The van der Waals surface area contributed by atoms with Crippen molar-refractivity contribution in [2.45, 2.75) is 0 Å². The minimum Gasteiger partial charge on any atom is -0.384 e. The average Bonchev–Trinajstić information content (AvgIpc) is 2.58. The van der Waals surface area contributed by atoms with E-state index >= 15 is 0 Å². The highest BCUT2D eigenvalue weighted by Crippen LogP contribution is 2.14. The molecule has 0 unspecified atom stereocenters. The smallest absolute Gasteiger partial charge is 0.123 e. The number of H-pyrrole nitrogens is 1. The normalized spacial score (nSPS) is 10.0. The van der Waals surface area contributed by atoms with Gasteiger partial charge in [-0.15, -0.1) is 0 Å². The molecule has 0 aromatic carbocycles. The lowest BCUT2D eigenvalue weighted by Crippen LogP contribution is -1.88. The monoisotopic (exact) mass is 160 g/mol. The molecule has 0 radical (unpaired) electrons. The molecule has 0 fully saturated rings. The Morgan fingerprint density at radius 3 is 2.75 bits per heavy atom. The van der Waals surface area contributed by atoms with Crippen molar-refractivity contribution in [1.82, 2.24) is 15.2 Å². The average molecular weight is 160 g/mol. The van der Waals surface area contributed by atoms with Gasteiger partial charge in [-0.25, -0.2) is 4.98 Å². The maximum Gasteiger partial charge on any atom is 0.123 e. The summed E-state index contributed by atoms with van der Waals surface area (Å²) in [6, 6.07) is 5.54. The first-order chi connectivity index (χ1) is 5.86. The molecule has 60 valence electrons. The highest BCUT2D eigenvalue weighted by Gasteiger charge is 1.97. The summed E-state index contributed by atoms with van der Waals surface area (Å²) in [6.45, 7) is 0. The molecular formula is C8H8N4. The third kappa shape index (κ3) is 1.14. The van der Waals surface area contributed by atoms with Crippen molar-refractivity contribution < 1.29 is 0 Å². The zero-order valence-electron chi connectivity index (χ0n) is 6.36. The molecule has 0 amide bonds. The molecule has 3 N–H and O–H groups in total. The van der Waals surface area contributed by atoms with Crippen LogP contribution in [0.5, 0.6) is 0 Å². The molecule has 2 aromatic rings. The van der Waals surface area contributed by atoms with Crippen LogP contribution >= 0.6 is 0 Å². The van der Waals surface area contributed by atoms with E-state index in [1.54, 1.807) is 18.5 Å². The fourth-order valence-electron chi connectivity index (χ4n) is 0.981.